The van der Waals surface area contributed by atoms with E-state index in [1.807, 2.05) is 28.8 Å². The Morgan fingerprint density at radius 2 is 1.95 bits per heavy atom. The smallest absolute Gasteiger partial charge is 0.231 e. The summed E-state index contributed by atoms with van der Waals surface area (Å²) in [5.74, 6) is 0.391. The molecule has 2 unspecified atom stereocenters. The SMILES string of the molecule is Cn1ccnc1CN(C(=O)[C@H]1C[C@@H]1c1ccc(F)cc1)c1ccc2c(c1)C(NS(=O)c1cccc(Cl)c1)CCC2(C)C. The molecule has 3 aromatic carbocycles. The van der Waals surface area contributed by atoms with Gasteiger partial charge in [-0.05, 0) is 89.8 Å². The fraction of sp³-hybridized carbons (Fsp3) is 0.333. The van der Waals surface area contributed by atoms with Gasteiger partial charge in [0.25, 0.3) is 0 Å². The van der Waals surface area contributed by atoms with Crippen LogP contribution in [0.2, 0.25) is 5.02 Å². The summed E-state index contributed by atoms with van der Waals surface area (Å²) < 4.78 is 32.1. The Morgan fingerprint density at radius 1 is 1.17 bits per heavy atom. The van der Waals surface area contributed by atoms with E-state index in [9.17, 15) is 13.4 Å². The molecule has 0 radical (unpaired) electrons. The quantitative estimate of drug-likeness (QED) is 0.236. The van der Waals surface area contributed by atoms with E-state index >= 15 is 0 Å². The van der Waals surface area contributed by atoms with Gasteiger partial charge in [0.15, 0.2) is 0 Å². The van der Waals surface area contributed by atoms with Gasteiger partial charge in [-0.2, -0.15) is 0 Å². The van der Waals surface area contributed by atoms with Crippen LogP contribution in [0.5, 0.6) is 0 Å². The zero-order valence-corrected chi connectivity index (χ0v) is 25.5. The standard InChI is InChI=1S/C33H34ClFN4O2S/c1-33(2)14-13-30(37-42(41)25-6-4-5-22(34)17-25)28-18-24(11-12-29(28)33)39(20-31-36-15-16-38(31)3)32(40)27-19-26(27)21-7-9-23(35)10-8-21/h4-12,15-18,26-27,30,37H,13-14,19-20H2,1-3H3/t26-,27+,30?,42?/m1/s1. The van der Waals surface area contributed by atoms with E-state index in [4.69, 9.17) is 11.6 Å². The third-order valence-corrected chi connectivity index (χ3v) is 10.1. The molecule has 2 aliphatic rings. The molecule has 1 N–H and O–H groups in total. The number of imidazole rings is 1. The minimum Gasteiger partial charge on any atom is -0.337 e. The van der Waals surface area contributed by atoms with Gasteiger partial charge in [0.2, 0.25) is 5.91 Å². The maximum absolute atomic E-state index is 14.1. The van der Waals surface area contributed by atoms with E-state index in [0.29, 0.717) is 16.5 Å². The molecule has 1 heterocycles. The molecule has 1 amide bonds. The number of nitrogens with zero attached hydrogens (tertiary/aromatic N) is 3. The Hall–Kier alpha value is -3.33. The number of rotatable bonds is 8. The van der Waals surface area contributed by atoms with Crippen LogP contribution in [-0.2, 0) is 34.8 Å². The highest BCUT2D eigenvalue weighted by Gasteiger charge is 2.46. The van der Waals surface area contributed by atoms with Crippen LogP contribution in [-0.4, -0.2) is 19.7 Å². The molecule has 1 saturated carbocycles. The highest BCUT2D eigenvalue weighted by atomic mass is 35.5. The number of carbonyl (C=O) groups excluding carboxylic acids is 1. The summed E-state index contributed by atoms with van der Waals surface area (Å²) in [6.45, 7) is 4.78. The lowest BCUT2D eigenvalue weighted by Crippen LogP contribution is -2.36. The van der Waals surface area contributed by atoms with Crippen LogP contribution in [0.25, 0.3) is 0 Å². The van der Waals surface area contributed by atoms with Crippen LogP contribution in [0.1, 0.15) is 67.6 Å². The van der Waals surface area contributed by atoms with Crippen molar-refractivity contribution < 1.29 is 13.4 Å². The van der Waals surface area contributed by atoms with Crippen molar-refractivity contribution in [3.63, 3.8) is 0 Å². The number of hydrogen-bond donors (Lipinski definition) is 1. The Morgan fingerprint density at radius 3 is 2.67 bits per heavy atom. The Balaban J connectivity index is 1.33. The minimum atomic E-state index is -1.46. The molecule has 1 fully saturated rings. The molecule has 0 aliphatic heterocycles. The maximum atomic E-state index is 14.1. The van der Waals surface area contributed by atoms with Crippen LogP contribution >= 0.6 is 11.6 Å². The van der Waals surface area contributed by atoms with Crippen molar-refractivity contribution in [2.45, 2.75) is 61.9 Å². The van der Waals surface area contributed by atoms with Crippen molar-refractivity contribution in [1.82, 2.24) is 14.3 Å². The highest BCUT2D eigenvalue weighted by Crippen LogP contribution is 2.50. The largest absolute Gasteiger partial charge is 0.337 e. The summed E-state index contributed by atoms with van der Waals surface area (Å²) in [7, 11) is 0.462. The van der Waals surface area contributed by atoms with Crippen molar-refractivity contribution in [3.8, 4) is 0 Å². The first-order valence-electron chi connectivity index (χ1n) is 14.2. The zero-order chi connectivity index (χ0) is 29.6. The first-order chi connectivity index (χ1) is 20.1. The molecule has 9 heteroatoms. The van der Waals surface area contributed by atoms with Crippen LogP contribution in [0.3, 0.4) is 0 Å². The lowest BCUT2D eigenvalue weighted by Gasteiger charge is -2.38. The van der Waals surface area contributed by atoms with Gasteiger partial charge in [-0.3, -0.25) is 4.79 Å². The molecule has 4 atom stereocenters. The Labute approximate surface area is 253 Å². The Bertz CT molecular complexity index is 1650. The van der Waals surface area contributed by atoms with Crippen LogP contribution in [0.15, 0.2) is 84.0 Å². The van der Waals surface area contributed by atoms with E-state index in [1.54, 1.807) is 42.6 Å². The predicted octanol–water partition coefficient (Wildman–Crippen LogP) is 6.97. The third kappa shape index (κ3) is 5.80. The van der Waals surface area contributed by atoms with Crippen molar-refractivity contribution in [1.29, 1.82) is 0 Å². The molecule has 42 heavy (non-hydrogen) atoms. The molecule has 0 bridgehead atoms. The monoisotopic (exact) mass is 604 g/mol. The number of carbonyl (C=O) groups is 1. The van der Waals surface area contributed by atoms with Crippen molar-refractivity contribution in [2.75, 3.05) is 4.90 Å². The molecule has 2 aliphatic carbocycles. The number of nitrogens with one attached hydrogen (secondary N) is 1. The third-order valence-electron chi connectivity index (χ3n) is 8.66. The van der Waals surface area contributed by atoms with Crippen LogP contribution in [0.4, 0.5) is 10.1 Å². The second-order valence-electron chi connectivity index (χ2n) is 12.0. The zero-order valence-electron chi connectivity index (χ0n) is 23.9. The van der Waals surface area contributed by atoms with E-state index in [0.717, 1.165) is 41.9 Å². The van der Waals surface area contributed by atoms with Gasteiger partial charge in [-0.25, -0.2) is 18.3 Å². The molecule has 6 nitrogen and oxygen atoms in total. The number of anilines is 1. The van der Waals surface area contributed by atoms with Crippen LogP contribution in [0, 0.1) is 11.7 Å². The van der Waals surface area contributed by atoms with E-state index in [-0.39, 0.29) is 35.0 Å². The van der Waals surface area contributed by atoms with Gasteiger partial charge >= 0.3 is 0 Å². The van der Waals surface area contributed by atoms with Crippen molar-refractivity contribution >= 4 is 34.2 Å². The summed E-state index contributed by atoms with van der Waals surface area (Å²) in [4.78, 5) is 21.0. The predicted molar refractivity (Wildman–Crippen MR) is 164 cm³/mol. The van der Waals surface area contributed by atoms with Crippen LogP contribution < -0.4 is 9.62 Å². The topological polar surface area (TPSA) is 67.2 Å². The molecule has 0 saturated heterocycles. The summed E-state index contributed by atoms with van der Waals surface area (Å²) in [5, 5.41) is 0.539. The van der Waals surface area contributed by atoms with Crippen molar-refractivity contribution in [3.05, 3.63) is 112 Å². The number of benzene rings is 3. The molecule has 1 aromatic heterocycles. The molecule has 6 rings (SSSR count). The second kappa shape index (κ2) is 11.4. The fourth-order valence-electron chi connectivity index (χ4n) is 6.05. The fourth-order valence-corrected chi connectivity index (χ4v) is 7.38. The summed E-state index contributed by atoms with van der Waals surface area (Å²) in [5.41, 5.74) is 3.92. The van der Waals surface area contributed by atoms with Gasteiger partial charge in [-0.1, -0.05) is 49.7 Å². The molecular formula is C33H34ClFN4O2S. The van der Waals surface area contributed by atoms with Gasteiger partial charge in [-0.15, -0.1) is 0 Å². The highest BCUT2D eigenvalue weighted by molar-refractivity contribution is 7.83. The number of halogens is 2. The summed E-state index contributed by atoms with van der Waals surface area (Å²) in [6, 6.07) is 19.6. The minimum absolute atomic E-state index is 0.0226. The summed E-state index contributed by atoms with van der Waals surface area (Å²) in [6.07, 6.45) is 6.07. The average molecular weight is 605 g/mol. The van der Waals surface area contributed by atoms with Gasteiger partial charge in [0.1, 0.15) is 22.6 Å². The Kier molecular flexibility index (Phi) is 7.81. The molecule has 4 aromatic rings. The normalized spacial score (nSPS) is 21.4. The second-order valence-corrected chi connectivity index (χ2v) is 13.7. The number of aryl methyl sites for hydroxylation is 1. The first-order valence-corrected chi connectivity index (χ1v) is 15.7. The number of fused-ring (bicyclic) bond motifs is 1. The van der Waals surface area contributed by atoms with E-state index < -0.39 is 11.0 Å². The van der Waals surface area contributed by atoms with Gasteiger partial charge < -0.3 is 9.47 Å². The molecular weight excluding hydrogens is 571 g/mol. The first kappa shape index (κ1) is 28.8. The van der Waals surface area contributed by atoms with Gasteiger partial charge in [0.05, 0.1) is 11.4 Å². The van der Waals surface area contributed by atoms with Crippen molar-refractivity contribution in [2.24, 2.45) is 13.0 Å². The van der Waals surface area contributed by atoms with E-state index in [2.05, 4.69) is 35.7 Å². The number of amides is 1. The summed E-state index contributed by atoms with van der Waals surface area (Å²) >= 11 is 6.17. The van der Waals surface area contributed by atoms with Gasteiger partial charge in [0, 0.05) is 42.1 Å². The number of aromatic nitrogens is 2. The van der Waals surface area contributed by atoms with E-state index in [1.165, 1.54) is 17.7 Å². The number of hydrogen-bond acceptors (Lipinski definition) is 3. The maximum Gasteiger partial charge on any atom is 0.231 e. The lowest BCUT2D eigenvalue weighted by atomic mass is 9.71. The average Bonchev–Trinajstić information content (AvgIpc) is 3.67. The lowest BCUT2D eigenvalue weighted by molar-refractivity contribution is -0.120. The molecule has 0 spiro atoms. The molecule has 218 valence electrons.